The number of aliphatic hydroxyl groups is 1. The second-order valence-electron chi connectivity index (χ2n) is 4.52. The minimum atomic E-state index is -0.386. The maximum atomic E-state index is 12.3. The molecule has 3 rings (SSSR count). The number of hydrogen-bond acceptors (Lipinski definition) is 4. The first-order valence-corrected chi connectivity index (χ1v) is 6.51. The highest BCUT2D eigenvalue weighted by molar-refractivity contribution is 6.06. The van der Waals surface area contributed by atoms with Crippen LogP contribution >= 0.6 is 0 Å². The number of benzene rings is 2. The van der Waals surface area contributed by atoms with E-state index in [1.54, 1.807) is 18.2 Å². The van der Waals surface area contributed by atoms with Crippen LogP contribution in [0.2, 0.25) is 0 Å². The molecule has 0 atom stereocenters. The van der Waals surface area contributed by atoms with Crippen LogP contribution in [0.3, 0.4) is 0 Å². The number of carbonyl (C=O) groups is 1. The number of nitrogens with one attached hydrogen (secondary N) is 1. The highest BCUT2D eigenvalue weighted by atomic mass is 16.3. The average Bonchev–Trinajstić information content (AvgIpc) is 2.54. The fourth-order valence-electron chi connectivity index (χ4n) is 2.16. The van der Waals surface area contributed by atoms with Crippen LogP contribution in [-0.2, 0) is 6.61 Å². The van der Waals surface area contributed by atoms with Gasteiger partial charge in [0, 0.05) is 16.6 Å². The lowest BCUT2D eigenvalue weighted by Crippen LogP contribution is -2.17. The molecule has 2 aromatic carbocycles. The molecule has 0 bridgehead atoms. The van der Waals surface area contributed by atoms with Gasteiger partial charge in [0.2, 0.25) is 0 Å². The molecule has 0 aliphatic carbocycles. The Bertz CT molecular complexity index is 788. The maximum absolute atomic E-state index is 12.3. The zero-order valence-electron chi connectivity index (χ0n) is 11.2. The molecule has 0 unspecified atom stereocenters. The maximum Gasteiger partial charge on any atom is 0.276 e. The highest BCUT2D eigenvalue weighted by Crippen LogP contribution is 2.19. The molecule has 1 amide bonds. The van der Waals surface area contributed by atoms with Crippen LogP contribution in [0.1, 0.15) is 16.1 Å². The van der Waals surface area contributed by atoms with E-state index >= 15 is 0 Å². The SMILES string of the molecule is O=C(Nc1ccccc1)c1nnc2ccccc2c1CO. The first-order chi connectivity index (χ1) is 10.3. The van der Waals surface area contributed by atoms with Crippen LogP contribution in [-0.4, -0.2) is 21.2 Å². The summed E-state index contributed by atoms with van der Waals surface area (Å²) in [6, 6.07) is 16.4. The van der Waals surface area contributed by atoms with Crippen molar-refractivity contribution < 1.29 is 9.90 Å². The largest absolute Gasteiger partial charge is 0.392 e. The molecule has 0 spiro atoms. The number of rotatable bonds is 3. The molecule has 0 aliphatic rings. The van der Waals surface area contributed by atoms with Crippen molar-refractivity contribution in [3.8, 4) is 0 Å². The lowest BCUT2D eigenvalue weighted by Gasteiger charge is -2.09. The Morgan fingerprint density at radius 3 is 2.48 bits per heavy atom. The predicted molar refractivity (Wildman–Crippen MR) is 79.9 cm³/mol. The Labute approximate surface area is 121 Å². The lowest BCUT2D eigenvalue weighted by molar-refractivity contribution is 0.101. The minimum Gasteiger partial charge on any atom is -0.392 e. The summed E-state index contributed by atoms with van der Waals surface area (Å²) in [5.41, 5.74) is 1.94. The molecule has 5 heteroatoms. The van der Waals surface area contributed by atoms with Crippen molar-refractivity contribution in [3.05, 3.63) is 65.9 Å². The summed E-state index contributed by atoms with van der Waals surface area (Å²) in [5, 5.41) is 21.0. The van der Waals surface area contributed by atoms with Crippen molar-refractivity contribution in [2.75, 3.05) is 5.32 Å². The van der Waals surface area contributed by atoms with E-state index in [1.165, 1.54) is 0 Å². The van der Waals surface area contributed by atoms with Gasteiger partial charge in [0.1, 0.15) is 0 Å². The predicted octanol–water partition coefficient (Wildman–Crippen LogP) is 2.37. The second kappa shape index (κ2) is 5.68. The first kappa shape index (κ1) is 13.2. The van der Waals surface area contributed by atoms with Gasteiger partial charge < -0.3 is 10.4 Å². The summed E-state index contributed by atoms with van der Waals surface area (Å²) in [5.74, 6) is -0.386. The molecular weight excluding hydrogens is 266 g/mol. The number of aliphatic hydroxyl groups excluding tert-OH is 1. The molecule has 0 saturated carbocycles. The van der Waals surface area contributed by atoms with Gasteiger partial charge in [-0.1, -0.05) is 36.4 Å². The van der Waals surface area contributed by atoms with Crippen molar-refractivity contribution in [1.82, 2.24) is 10.2 Å². The molecule has 1 aromatic heterocycles. The normalized spacial score (nSPS) is 10.5. The molecule has 21 heavy (non-hydrogen) atoms. The third-order valence-corrected chi connectivity index (χ3v) is 3.18. The van der Waals surface area contributed by atoms with Crippen molar-refractivity contribution in [1.29, 1.82) is 0 Å². The second-order valence-corrected chi connectivity index (χ2v) is 4.52. The Balaban J connectivity index is 2.02. The van der Waals surface area contributed by atoms with Crippen molar-refractivity contribution in [2.24, 2.45) is 0 Å². The number of hydrogen-bond donors (Lipinski definition) is 2. The summed E-state index contributed by atoms with van der Waals surface area (Å²) in [7, 11) is 0. The summed E-state index contributed by atoms with van der Waals surface area (Å²) >= 11 is 0. The van der Waals surface area contributed by atoms with E-state index in [1.807, 2.05) is 36.4 Å². The Kier molecular flexibility index (Phi) is 3.57. The van der Waals surface area contributed by atoms with Gasteiger partial charge in [-0.3, -0.25) is 4.79 Å². The van der Waals surface area contributed by atoms with Crippen LogP contribution in [0.25, 0.3) is 10.9 Å². The molecule has 0 fully saturated rings. The van der Waals surface area contributed by atoms with E-state index in [9.17, 15) is 9.90 Å². The Morgan fingerprint density at radius 1 is 1.00 bits per heavy atom. The monoisotopic (exact) mass is 279 g/mol. The van der Waals surface area contributed by atoms with Gasteiger partial charge in [-0.15, -0.1) is 10.2 Å². The topological polar surface area (TPSA) is 75.1 Å². The van der Waals surface area contributed by atoms with Crippen molar-refractivity contribution in [3.63, 3.8) is 0 Å². The number of nitrogens with zero attached hydrogens (tertiary/aromatic N) is 2. The van der Waals surface area contributed by atoms with Gasteiger partial charge in [-0.25, -0.2) is 0 Å². The van der Waals surface area contributed by atoms with Crippen LogP contribution in [0.4, 0.5) is 5.69 Å². The quantitative estimate of drug-likeness (QED) is 0.772. The van der Waals surface area contributed by atoms with E-state index < -0.39 is 0 Å². The highest BCUT2D eigenvalue weighted by Gasteiger charge is 2.16. The number of amides is 1. The van der Waals surface area contributed by atoms with Gasteiger partial charge >= 0.3 is 0 Å². The number of carbonyl (C=O) groups excluding carboxylic acids is 1. The molecule has 2 N–H and O–H groups in total. The Hall–Kier alpha value is -2.79. The Morgan fingerprint density at radius 2 is 1.71 bits per heavy atom. The molecule has 104 valence electrons. The van der Waals surface area contributed by atoms with Crippen molar-refractivity contribution >= 4 is 22.5 Å². The summed E-state index contributed by atoms with van der Waals surface area (Å²) < 4.78 is 0. The summed E-state index contributed by atoms with van der Waals surface area (Å²) in [4.78, 5) is 12.3. The molecule has 0 radical (unpaired) electrons. The molecule has 3 aromatic rings. The van der Waals surface area contributed by atoms with E-state index in [-0.39, 0.29) is 18.2 Å². The van der Waals surface area contributed by atoms with E-state index in [0.29, 0.717) is 16.8 Å². The number of para-hydroxylation sites is 1. The van der Waals surface area contributed by atoms with Gasteiger partial charge in [-0.05, 0) is 18.2 Å². The van der Waals surface area contributed by atoms with E-state index in [4.69, 9.17) is 0 Å². The molecule has 0 saturated heterocycles. The van der Waals surface area contributed by atoms with Gasteiger partial charge in [0.25, 0.3) is 5.91 Å². The molecule has 5 nitrogen and oxygen atoms in total. The fourth-order valence-corrected chi connectivity index (χ4v) is 2.16. The van der Waals surface area contributed by atoms with Crippen LogP contribution in [0, 0.1) is 0 Å². The fraction of sp³-hybridized carbons (Fsp3) is 0.0625. The summed E-state index contributed by atoms with van der Waals surface area (Å²) in [6.07, 6.45) is 0. The molecular formula is C16H13N3O2. The van der Waals surface area contributed by atoms with Crippen LogP contribution in [0.15, 0.2) is 54.6 Å². The average molecular weight is 279 g/mol. The standard InChI is InChI=1S/C16H13N3O2/c20-10-13-12-8-4-5-9-14(12)18-19-15(13)16(21)17-11-6-2-1-3-7-11/h1-9,20H,10H2,(H,17,21). The molecule has 0 aliphatic heterocycles. The third-order valence-electron chi connectivity index (χ3n) is 3.18. The van der Waals surface area contributed by atoms with Crippen LogP contribution in [0.5, 0.6) is 0 Å². The molecule has 1 heterocycles. The zero-order valence-corrected chi connectivity index (χ0v) is 11.2. The van der Waals surface area contributed by atoms with Gasteiger partial charge in [0.05, 0.1) is 12.1 Å². The van der Waals surface area contributed by atoms with Gasteiger partial charge in [0.15, 0.2) is 5.69 Å². The number of anilines is 1. The number of aromatic nitrogens is 2. The van der Waals surface area contributed by atoms with E-state index in [0.717, 1.165) is 5.39 Å². The van der Waals surface area contributed by atoms with Gasteiger partial charge in [-0.2, -0.15) is 0 Å². The van der Waals surface area contributed by atoms with Crippen molar-refractivity contribution in [2.45, 2.75) is 6.61 Å². The number of fused-ring (bicyclic) bond motifs is 1. The summed E-state index contributed by atoms with van der Waals surface area (Å²) in [6.45, 7) is -0.270. The van der Waals surface area contributed by atoms with E-state index in [2.05, 4.69) is 15.5 Å². The minimum absolute atomic E-state index is 0.139. The zero-order chi connectivity index (χ0) is 14.7. The lowest BCUT2D eigenvalue weighted by atomic mass is 10.1. The van der Waals surface area contributed by atoms with Crippen LogP contribution < -0.4 is 5.32 Å². The first-order valence-electron chi connectivity index (χ1n) is 6.51. The smallest absolute Gasteiger partial charge is 0.276 e. The third kappa shape index (κ3) is 2.59.